The number of pyridine rings is 1. The van der Waals surface area contributed by atoms with Crippen molar-refractivity contribution < 1.29 is 4.79 Å². The highest BCUT2D eigenvalue weighted by Crippen LogP contribution is 2.20. The highest BCUT2D eigenvalue weighted by molar-refractivity contribution is 5.93. The van der Waals surface area contributed by atoms with Crippen LogP contribution in [-0.2, 0) is 13.6 Å². The second kappa shape index (κ2) is 7.57. The molecule has 3 rings (SSSR count). The van der Waals surface area contributed by atoms with Gasteiger partial charge in [0, 0.05) is 39.6 Å². The fraction of sp³-hybridized carbons (Fsp3) is 0.500. The van der Waals surface area contributed by atoms with E-state index in [4.69, 9.17) is 0 Å². The summed E-state index contributed by atoms with van der Waals surface area (Å²) in [6.07, 6.45) is 7.50. The average molecular weight is 327 g/mol. The van der Waals surface area contributed by atoms with Crippen LogP contribution in [0.4, 0.5) is 0 Å². The topological polar surface area (TPSA) is 54.3 Å². The molecule has 0 aliphatic carbocycles. The van der Waals surface area contributed by atoms with Crippen molar-refractivity contribution in [3.63, 3.8) is 0 Å². The third-order valence-electron chi connectivity index (χ3n) is 4.65. The maximum absolute atomic E-state index is 12.4. The minimum atomic E-state index is 0.0546. The van der Waals surface area contributed by atoms with Crippen molar-refractivity contribution in [3.8, 4) is 0 Å². The summed E-state index contributed by atoms with van der Waals surface area (Å²) in [5.74, 6) is 0.620. The van der Waals surface area contributed by atoms with E-state index in [0.717, 1.165) is 44.7 Å². The summed E-state index contributed by atoms with van der Waals surface area (Å²) < 4.78 is 1.66. The zero-order valence-electron chi connectivity index (χ0n) is 14.4. The molecule has 24 heavy (non-hydrogen) atoms. The maximum atomic E-state index is 12.4. The fourth-order valence-electron chi connectivity index (χ4n) is 3.27. The van der Waals surface area contributed by atoms with Gasteiger partial charge in [-0.15, -0.1) is 0 Å². The van der Waals surface area contributed by atoms with Gasteiger partial charge in [0.15, 0.2) is 0 Å². The van der Waals surface area contributed by atoms with E-state index >= 15 is 0 Å². The summed E-state index contributed by atoms with van der Waals surface area (Å²) in [6.45, 7) is 3.86. The number of hydrogen-bond acceptors (Lipinski definition) is 4. The molecule has 1 saturated heterocycles. The number of carbonyl (C=O) groups excluding carboxylic acids is 1. The summed E-state index contributed by atoms with van der Waals surface area (Å²) in [5.41, 5.74) is 1.78. The van der Waals surface area contributed by atoms with Crippen LogP contribution in [0, 0.1) is 5.92 Å². The van der Waals surface area contributed by atoms with Crippen LogP contribution in [0.1, 0.15) is 28.9 Å². The first kappa shape index (κ1) is 16.6. The molecule has 0 saturated carbocycles. The lowest BCUT2D eigenvalue weighted by Gasteiger charge is -2.33. The van der Waals surface area contributed by atoms with Crippen LogP contribution in [0.25, 0.3) is 0 Å². The zero-order valence-corrected chi connectivity index (χ0v) is 14.4. The van der Waals surface area contributed by atoms with E-state index < -0.39 is 0 Å². The van der Waals surface area contributed by atoms with Crippen LogP contribution in [0.15, 0.2) is 36.8 Å². The number of rotatable bonds is 5. The number of likely N-dealkylation sites (tertiary alicyclic amines) is 1. The molecule has 0 unspecified atom stereocenters. The van der Waals surface area contributed by atoms with Crippen molar-refractivity contribution in [1.29, 1.82) is 0 Å². The molecule has 6 nitrogen and oxygen atoms in total. The SMILES string of the molecule is CN(CC1CCN(Cc2ccccn2)CC1)C(=O)c1cnn(C)c1. The molecule has 1 fully saturated rings. The van der Waals surface area contributed by atoms with Gasteiger partial charge in [0.1, 0.15) is 0 Å². The van der Waals surface area contributed by atoms with E-state index in [-0.39, 0.29) is 5.91 Å². The van der Waals surface area contributed by atoms with Crippen LogP contribution in [-0.4, -0.2) is 57.2 Å². The van der Waals surface area contributed by atoms with Gasteiger partial charge in [0.25, 0.3) is 5.91 Å². The Bertz CT molecular complexity index is 661. The number of amides is 1. The molecular weight excluding hydrogens is 302 g/mol. The summed E-state index contributed by atoms with van der Waals surface area (Å²) in [4.78, 5) is 21.1. The Labute approximate surface area is 143 Å². The van der Waals surface area contributed by atoms with Crippen LogP contribution in [0.3, 0.4) is 0 Å². The van der Waals surface area contributed by atoms with Gasteiger partial charge in [-0.3, -0.25) is 19.4 Å². The Morgan fingerprint density at radius 1 is 1.33 bits per heavy atom. The highest BCUT2D eigenvalue weighted by Gasteiger charge is 2.23. The van der Waals surface area contributed by atoms with E-state index in [1.54, 1.807) is 17.1 Å². The molecule has 1 aliphatic heterocycles. The smallest absolute Gasteiger partial charge is 0.256 e. The lowest BCUT2D eigenvalue weighted by Crippen LogP contribution is -2.39. The maximum Gasteiger partial charge on any atom is 0.256 e. The summed E-state index contributed by atoms with van der Waals surface area (Å²) >= 11 is 0. The number of carbonyl (C=O) groups is 1. The molecule has 1 amide bonds. The Morgan fingerprint density at radius 3 is 2.75 bits per heavy atom. The molecule has 0 aromatic carbocycles. The van der Waals surface area contributed by atoms with Gasteiger partial charge < -0.3 is 4.90 Å². The van der Waals surface area contributed by atoms with Crippen molar-refractivity contribution >= 4 is 5.91 Å². The van der Waals surface area contributed by atoms with Gasteiger partial charge in [0.2, 0.25) is 0 Å². The van der Waals surface area contributed by atoms with E-state index in [2.05, 4.69) is 21.0 Å². The van der Waals surface area contributed by atoms with Crippen molar-refractivity contribution in [2.75, 3.05) is 26.7 Å². The van der Waals surface area contributed by atoms with Gasteiger partial charge >= 0.3 is 0 Å². The van der Waals surface area contributed by atoms with Gasteiger partial charge in [-0.25, -0.2) is 0 Å². The first-order valence-electron chi connectivity index (χ1n) is 8.48. The molecule has 3 heterocycles. The van der Waals surface area contributed by atoms with Gasteiger partial charge in [-0.1, -0.05) is 6.07 Å². The Hall–Kier alpha value is -2.21. The molecule has 0 radical (unpaired) electrons. The largest absolute Gasteiger partial charge is 0.341 e. The Morgan fingerprint density at radius 2 is 2.12 bits per heavy atom. The second-order valence-corrected chi connectivity index (χ2v) is 6.63. The molecule has 128 valence electrons. The summed E-state index contributed by atoms with van der Waals surface area (Å²) in [5, 5.41) is 4.07. The molecular formula is C18H25N5O. The van der Waals surface area contributed by atoms with Crippen molar-refractivity contribution in [1.82, 2.24) is 24.6 Å². The van der Waals surface area contributed by atoms with Crippen LogP contribution < -0.4 is 0 Å². The average Bonchev–Trinajstić information content (AvgIpc) is 3.03. The second-order valence-electron chi connectivity index (χ2n) is 6.63. The van der Waals surface area contributed by atoms with Gasteiger partial charge in [0.05, 0.1) is 17.5 Å². The molecule has 0 N–H and O–H groups in total. The minimum Gasteiger partial charge on any atom is -0.341 e. The van der Waals surface area contributed by atoms with E-state index in [9.17, 15) is 4.79 Å². The van der Waals surface area contributed by atoms with Crippen molar-refractivity contribution in [3.05, 3.63) is 48.0 Å². The molecule has 1 aliphatic rings. The lowest BCUT2D eigenvalue weighted by molar-refractivity contribution is 0.0737. The first-order valence-corrected chi connectivity index (χ1v) is 8.48. The first-order chi connectivity index (χ1) is 11.6. The Kier molecular flexibility index (Phi) is 5.25. The molecule has 0 spiro atoms. The molecule has 2 aromatic rings. The quantitative estimate of drug-likeness (QED) is 0.840. The third-order valence-corrected chi connectivity index (χ3v) is 4.65. The third kappa shape index (κ3) is 4.20. The predicted molar refractivity (Wildman–Crippen MR) is 92.4 cm³/mol. The van der Waals surface area contributed by atoms with E-state index in [1.165, 1.54) is 0 Å². The van der Waals surface area contributed by atoms with Crippen molar-refractivity contribution in [2.24, 2.45) is 13.0 Å². The van der Waals surface area contributed by atoms with E-state index in [0.29, 0.717) is 11.5 Å². The normalized spacial score (nSPS) is 16.2. The number of nitrogens with zero attached hydrogens (tertiary/aromatic N) is 5. The molecule has 0 bridgehead atoms. The monoisotopic (exact) mass is 327 g/mol. The van der Waals surface area contributed by atoms with Gasteiger partial charge in [-0.2, -0.15) is 5.10 Å². The fourth-order valence-corrected chi connectivity index (χ4v) is 3.27. The van der Waals surface area contributed by atoms with Crippen molar-refractivity contribution in [2.45, 2.75) is 19.4 Å². The molecule has 0 atom stereocenters. The van der Waals surface area contributed by atoms with Crippen LogP contribution in [0.2, 0.25) is 0 Å². The number of aryl methyl sites for hydroxylation is 1. The summed E-state index contributed by atoms with van der Waals surface area (Å²) in [7, 11) is 3.71. The number of aromatic nitrogens is 3. The standard InChI is InChI=1S/C18H25N5O/c1-21(18(24)16-11-20-22(2)13-16)12-15-6-9-23(10-7-15)14-17-5-3-4-8-19-17/h3-5,8,11,13,15H,6-7,9-10,12,14H2,1-2H3. The molecule has 6 heteroatoms. The number of piperidine rings is 1. The van der Waals surface area contributed by atoms with Crippen LogP contribution in [0.5, 0.6) is 0 Å². The van der Waals surface area contributed by atoms with Gasteiger partial charge in [-0.05, 0) is 44.0 Å². The lowest BCUT2D eigenvalue weighted by atomic mass is 9.96. The van der Waals surface area contributed by atoms with Crippen LogP contribution >= 0.6 is 0 Å². The Balaban J connectivity index is 1.46. The minimum absolute atomic E-state index is 0.0546. The predicted octanol–water partition coefficient (Wildman–Crippen LogP) is 1.80. The zero-order chi connectivity index (χ0) is 16.9. The molecule has 2 aromatic heterocycles. The van der Waals surface area contributed by atoms with E-state index in [1.807, 2.05) is 37.3 Å². The number of hydrogen-bond donors (Lipinski definition) is 0. The highest BCUT2D eigenvalue weighted by atomic mass is 16.2. The summed E-state index contributed by atoms with van der Waals surface area (Å²) in [6, 6.07) is 6.06.